The standard InChI is InChI=1S/C26H29FN2O3/c1-25(2,3)32-24(31)29-11-10-22(26(4,5)15-29)21-12-17-14-28-23(30)20(17)13-19(21)16-6-8-18(27)9-7-16/h6-10,12-13H,11,14-15H2,1-5H3,(H,28,30). The van der Waals surface area contributed by atoms with Crippen molar-refractivity contribution >= 4 is 17.6 Å². The third-order valence-electron chi connectivity index (χ3n) is 5.86. The molecule has 32 heavy (non-hydrogen) atoms. The van der Waals surface area contributed by atoms with Gasteiger partial charge in [-0.05, 0) is 72.9 Å². The summed E-state index contributed by atoms with van der Waals surface area (Å²) in [5.74, 6) is -0.401. The lowest BCUT2D eigenvalue weighted by Gasteiger charge is -2.40. The summed E-state index contributed by atoms with van der Waals surface area (Å²) in [6.07, 6.45) is 1.73. The minimum Gasteiger partial charge on any atom is -0.444 e. The molecule has 2 aliphatic rings. The highest BCUT2D eigenvalue weighted by Crippen LogP contribution is 2.43. The summed E-state index contributed by atoms with van der Waals surface area (Å²) in [6.45, 7) is 11.2. The van der Waals surface area contributed by atoms with Crippen molar-refractivity contribution in [1.29, 1.82) is 0 Å². The van der Waals surface area contributed by atoms with Gasteiger partial charge in [0.15, 0.2) is 0 Å². The van der Waals surface area contributed by atoms with Crippen molar-refractivity contribution in [1.82, 2.24) is 10.2 Å². The maximum absolute atomic E-state index is 13.6. The number of carbonyl (C=O) groups excluding carboxylic acids is 2. The second kappa shape index (κ2) is 7.76. The Hall–Kier alpha value is -3.15. The summed E-state index contributed by atoms with van der Waals surface area (Å²) in [4.78, 5) is 26.7. The molecule has 1 N–H and O–H groups in total. The Kier molecular flexibility index (Phi) is 5.35. The van der Waals surface area contributed by atoms with Crippen molar-refractivity contribution in [2.24, 2.45) is 5.41 Å². The Morgan fingerprint density at radius 3 is 2.41 bits per heavy atom. The van der Waals surface area contributed by atoms with Crippen LogP contribution in [0.15, 0.2) is 42.5 Å². The van der Waals surface area contributed by atoms with E-state index >= 15 is 0 Å². The fraction of sp³-hybridized carbons (Fsp3) is 0.385. The second-order valence-corrected chi connectivity index (χ2v) is 10.1. The predicted molar refractivity (Wildman–Crippen MR) is 123 cm³/mol. The smallest absolute Gasteiger partial charge is 0.410 e. The van der Waals surface area contributed by atoms with Crippen molar-refractivity contribution in [3.05, 3.63) is 65.0 Å². The Bertz CT molecular complexity index is 1110. The van der Waals surface area contributed by atoms with E-state index in [0.29, 0.717) is 25.2 Å². The van der Waals surface area contributed by atoms with E-state index in [0.717, 1.165) is 27.8 Å². The molecular formula is C26H29FN2O3. The molecule has 0 unspecified atom stereocenters. The first kappa shape index (κ1) is 22.1. The first-order chi connectivity index (χ1) is 14.9. The van der Waals surface area contributed by atoms with Gasteiger partial charge in [-0.1, -0.05) is 32.1 Å². The molecule has 6 heteroatoms. The molecule has 0 bridgehead atoms. The van der Waals surface area contributed by atoms with Crippen molar-refractivity contribution in [3.63, 3.8) is 0 Å². The van der Waals surface area contributed by atoms with E-state index in [1.807, 2.05) is 26.8 Å². The molecule has 0 saturated heterocycles. The molecule has 0 fully saturated rings. The molecule has 4 rings (SSSR count). The summed E-state index contributed by atoms with van der Waals surface area (Å²) >= 11 is 0. The SMILES string of the molecule is CC(C)(C)OC(=O)N1CC=C(c2cc3c(cc2-c2ccc(F)cc2)C(=O)NC3)C(C)(C)C1. The topological polar surface area (TPSA) is 58.6 Å². The number of amides is 2. The number of nitrogens with one attached hydrogen (secondary N) is 1. The van der Waals surface area contributed by atoms with Crippen molar-refractivity contribution in [2.45, 2.75) is 46.8 Å². The minimum absolute atomic E-state index is 0.0945. The molecule has 0 saturated carbocycles. The average Bonchev–Trinajstić information content (AvgIpc) is 3.06. The molecule has 2 aromatic rings. The molecule has 0 aromatic heterocycles. The highest BCUT2D eigenvalue weighted by Gasteiger charge is 2.36. The number of ether oxygens (including phenoxy) is 1. The molecule has 0 radical (unpaired) electrons. The Labute approximate surface area is 188 Å². The van der Waals surface area contributed by atoms with Crippen LogP contribution in [0.3, 0.4) is 0 Å². The number of hydrogen-bond acceptors (Lipinski definition) is 3. The van der Waals surface area contributed by atoms with Crippen LogP contribution in [0.2, 0.25) is 0 Å². The van der Waals surface area contributed by atoms with Gasteiger partial charge < -0.3 is 15.0 Å². The number of benzene rings is 2. The van der Waals surface area contributed by atoms with Gasteiger partial charge in [0.2, 0.25) is 0 Å². The van der Waals surface area contributed by atoms with E-state index in [2.05, 4.69) is 31.3 Å². The molecule has 0 spiro atoms. The number of carbonyl (C=O) groups is 2. The maximum Gasteiger partial charge on any atom is 0.410 e. The summed E-state index contributed by atoms with van der Waals surface area (Å²) < 4.78 is 19.1. The fourth-order valence-electron chi connectivity index (χ4n) is 4.41. The van der Waals surface area contributed by atoms with E-state index in [1.165, 1.54) is 12.1 Å². The lowest BCUT2D eigenvalue weighted by atomic mass is 9.75. The van der Waals surface area contributed by atoms with Gasteiger partial charge in [-0.3, -0.25) is 4.79 Å². The van der Waals surface area contributed by atoms with Crippen LogP contribution in [0.1, 0.15) is 56.1 Å². The van der Waals surface area contributed by atoms with Gasteiger partial charge in [-0.2, -0.15) is 0 Å². The van der Waals surface area contributed by atoms with Gasteiger partial charge in [0.1, 0.15) is 11.4 Å². The quantitative estimate of drug-likeness (QED) is 0.686. The van der Waals surface area contributed by atoms with Crippen LogP contribution in [0.5, 0.6) is 0 Å². The molecule has 168 valence electrons. The normalized spacial score (nSPS) is 17.5. The Morgan fingerprint density at radius 1 is 1.09 bits per heavy atom. The van der Waals surface area contributed by atoms with E-state index in [1.54, 1.807) is 17.0 Å². The Balaban J connectivity index is 1.78. The van der Waals surface area contributed by atoms with Crippen molar-refractivity contribution in [3.8, 4) is 11.1 Å². The largest absolute Gasteiger partial charge is 0.444 e. The van der Waals surface area contributed by atoms with Crippen LogP contribution in [0.25, 0.3) is 16.7 Å². The lowest BCUT2D eigenvalue weighted by molar-refractivity contribution is 0.0219. The maximum atomic E-state index is 13.6. The van der Waals surface area contributed by atoms with E-state index < -0.39 is 5.60 Å². The van der Waals surface area contributed by atoms with Crippen LogP contribution in [0, 0.1) is 11.2 Å². The lowest BCUT2D eigenvalue weighted by Crippen LogP contribution is -2.45. The summed E-state index contributed by atoms with van der Waals surface area (Å²) in [5.41, 5.74) is 4.51. The third-order valence-corrected chi connectivity index (χ3v) is 5.86. The number of hydrogen-bond donors (Lipinski definition) is 1. The van der Waals surface area contributed by atoms with Gasteiger partial charge in [0.05, 0.1) is 0 Å². The molecule has 2 aromatic carbocycles. The van der Waals surface area contributed by atoms with Gasteiger partial charge in [-0.15, -0.1) is 0 Å². The molecule has 0 atom stereocenters. The number of rotatable bonds is 2. The zero-order chi connectivity index (χ0) is 23.3. The molecular weight excluding hydrogens is 407 g/mol. The molecule has 2 heterocycles. The highest BCUT2D eigenvalue weighted by molar-refractivity contribution is 6.01. The van der Waals surface area contributed by atoms with Gasteiger partial charge >= 0.3 is 6.09 Å². The first-order valence-corrected chi connectivity index (χ1v) is 10.8. The monoisotopic (exact) mass is 436 g/mol. The van der Waals surface area contributed by atoms with E-state index in [-0.39, 0.29) is 23.2 Å². The minimum atomic E-state index is -0.555. The van der Waals surface area contributed by atoms with Crippen LogP contribution >= 0.6 is 0 Å². The van der Waals surface area contributed by atoms with Crippen molar-refractivity contribution in [2.75, 3.05) is 13.1 Å². The number of fused-ring (bicyclic) bond motifs is 1. The van der Waals surface area contributed by atoms with Gasteiger partial charge in [0.25, 0.3) is 5.91 Å². The van der Waals surface area contributed by atoms with E-state index in [9.17, 15) is 14.0 Å². The van der Waals surface area contributed by atoms with Crippen LogP contribution < -0.4 is 5.32 Å². The van der Waals surface area contributed by atoms with Crippen molar-refractivity contribution < 1.29 is 18.7 Å². The summed E-state index contributed by atoms with van der Waals surface area (Å²) in [6, 6.07) is 10.3. The fourth-order valence-corrected chi connectivity index (χ4v) is 4.41. The second-order valence-electron chi connectivity index (χ2n) is 10.1. The molecule has 5 nitrogen and oxygen atoms in total. The zero-order valence-corrected chi connectivity index (χ0v) is 19.2. The number of nitrogens with zero attached hydrogens (tertiary/aromatic N) is 1. The summed E-state index contributed by atoms with van der Waals surface area (Å²) in [5, 5.41) is 2.88. The third kappa shape index (κ3) is 4.27. The molecule has 0 aliphatic carbocycles. The first-order valence-electron chi connectivity index (χ1n) is 10.8. The Morgan fingerprint density at radius 2 is 1.78 bits per heavy atom. The van der Waals surface area contributed by atoms with Crippen LogP contribution in [0.4, 0.5) is 9.18 Å². The molecule has 2 amide bonds. The van der Waals surface area contributed by atoms with Gasteiger partial charge in [-0.25, -0.2) is 9.18 Å². The predicted octanol–water partition coefficient (Wildman–Crippen LogP) is 5.40. The highest BCUT2D eigenvalue weighted by atomic mass is 19.1. The summed E-state index contributed by atoms with van der Waals surface area (Å²) in [7, 11) is 0. The average molecular weight is 437 g/mol. The van der Waals surface area contributed by atoms with Crippen LogP contribution in [-0.4, -0.2) is 35.6 Å². The van der Waals surface area contributed by atoms with E-state index in [4.69, 9.17) is 4.74 Å². The molecule has 2 aliphatic heterocycles. The zero-order valence-electron chi connectivity index (χ0n) is 19.2. The number of halogens is 1. The van der Waals surface area contributed by atoms with Gasteiger partial charge in [0, 0.05) is 30.6 Å². The van der Waals surface area contributed by atoms with Crippen LogP contribution in [-0.2, 0) is 11.3 Å².